The number of hydrogen-bond donors (Lipinski definition) is 3. The van der Waals surface area contributed by atoms with Crippen molar-refractivity contribution in [2.75, 3.05) is 0 Å². The molecular formula is C13H19N3O2. The van der Waals surface area contributed by atoms with Gasteiger partial charge in [0.2, 0.25) is 0 Å². The normalized spacial score (nSPS) is 30.3. The van der Waals surface area contributed by atoms with Crippen molar-refractivity contribution in [2.24, 2.45) is 0 Å². The lowest BCUT2D eigenvalue weighted by molar-refractivity contribution is -0.255. The zero-order chi connectivity index (χ0) is 13.7. The molecule has 1 saturated heterocycles. The highest BCUT2D eigenvalue weighted by Gasteiger charge is 2.54. The van der Waals surface area contributed by atoms with E-state index in [9.17, 15) is 10.4 Å². The molecule has 0 saturated carbocycles. The van der Waals surface area contributed by atoms with Crippen molar-refractivity contribution >= 4 is 5.71 Å². The quantitative estimate of drug-likeness (QED) is 0.616. The van der Waals surface area contributed by atoms with Gasteiger partial charge in [-0.1, -0.05) is 18.2 Å². The minimum absolute atomic E-state index is 0.325. The first kappa shape index (κ1) is 13.0. The van der Waals surface area contributed by atoms with Gasteiger partial charge in [0.15, 0.2) is 0 Å². The van der Waals surface area contributed by atoms with Crippen LogP contribution in [-0.2, 0) is 0 Å². The molecule has 0 aromatic carbocycles. The smallest absolute Gasteiger partial charge is 0.136 e. The van der Waals surface area contributed by atoms with E-state index in [1.54, 1.807) is 32.1 Å². The topological polar surface area (TPSA) is 70.8 Å². The maximum absolute atomic E-state index is 10.3. The Morgan fingerprint density at radius 2 is 1.61 bits per heavy atom. The van der Waals surface area contributed by atoms with Crippen LogP contribution in [0.1, 0.15) is 27.7 Å². The molecule has 0 atom stereocenters. The van der Waals surface area contributed by atoms with E-state index in [1.807, 2.05) is 19.9 Å². The Balaban J connectivity index is 2.64. The van der Waals surface area contributed by atoms with Crippen molar-refractivity contribution in [1.29, 1.82) is 5.41 Å². The van der Waals surface area contributed by atoms with Gasteiger partial charge in [0, 0.05) is 5.57 Å². The van der Waals surface area contributed by atoms with Crippen LogP contribution >= 0.6 is 0 Å². The van der Waals surface area contributed by atoms with E-state index in [0.717, 1.165) is 10.1 Å². The molecule has 3 N–H and O–H groups in total. The number of hydroxylamine groups is 4. The zero-order valence-corrected chi connectivity index (χ0v) is 11.1. The lowest BCUT2D eigenvalue weighted by atomic mass is 9.93. The van der Waals surface area contributed by atoms with Crippen LogP contribution in [0.3, 0.4) is 0 Å². The van der Waals surface area contributed by atoms with Crippen molar-refractivity contribution in [3.8, 4) is 0 Å². The fraction of sp³-hybridized carbons (Fsp3) is 0.462. The minimum atomic E-state index is -0.929. The van der Waals surface area contributed by atoms with Gasteiger partial charge < -0.3 is 10.6 Å². The molecule has 0 radical (unpaired) electrons. The Kier molecular flexibility index (Phi) is 2.73. The summed E-state index contributed by atoms with van der Waals surface area (Å²) < 4.78 is 0. The maximum atomic E-state index is 10.3. The van der Waals surface area contributed by atoms with Crippen LogP contribution in [0, 0.1) is 5.41 Å². The predicted molar refractivity (Wildman–Crippen MR) is 68.4 cm³/mol. The van der Waals surface area contributed by atoms with Crippen LogP contribution in [0.25, 0.3) is 0 Å². The second-order valence-electron chi connectivity index (χ2n) is 5.57. The Labute approximate surface area is 107 Å². The SMILES string of the molecule is CC1(C)/C(=C2\C=CC=CC2=N)N(O)C(C)(C)N1O. The average molecular weight is 249 g/mol. The molecule has 18 heavy (non-hydrogen) atoms. The molecule has 2 rings (SSSR count). The van der Waals surface area contributed by atoms with Crippen molar-refractivity contribution < 1.29 is 10.4 Å². The molecule has 98 valence electrons. The van der Waals surface area contributed by atoms with Gasteiger partial charge in [-0.3, -0.25) is 5.21 Å². The molecule has 2 aliphatic rings. The summed E-state index contributed by atoms with van der Waals surface area (Å²) in [6, 6.07) is 0. The Bertz CT molecular complexity index is 486. The highest BCUT2D eigenvalue weighted by atomic mass is 16.6. The van der Waals surface area contributed by atoms with Gasteiger partial charge in [-0.2, -0.15) is 5.06 Å². The van der Waals surface area contributed by atoms with Gasteiger partial charge in [-0.05, 0) is 33.8 Å². The van der Waals surface area contributed by atoms with E-state index in [4.69, 9.17) is 5.41 Å². The summed E-state index contributed by atoms with van der Waals surface area (Å²) in [7, 11) is 0. The summed E-state index contributed by atoms with van der Waals surface area (Å²) in [6.07, 6.45) is 7.03. The van der Waals surface area contributed by atoms with E-state index >= 15 is 0 Å². The second-order valence-corrected chi connectivity index (χ2v) is 5.57. The van der Waals surface area contributed by atoms with Gasteiger partial charge in [0.1, 0.15) is 5.66 Å². The monoisotopic (exact) mass is 249 g/mol. The van der Waals surface area contributed by atoms with Crippen molar-refractivity contribution in [2.45, 2.75) is 38.9 Å². The third-order valence-electron chi connectivity index (χ3n) is 3.54. The summed E-state index contributed by atoms with van der Waals surface area (Å²) >= 11 is 0. The molecule has 5 nitrogen and oxygen atoms in total. The van der Waals surface area contributed by atoms with Crippen molar-refractivity contribution in [1.82, 2.24) is 10.1 Å². The van der Waals surface area contributed by atoms with Gasteiger partial charge in [0.05, 0.1) is 16.9 Å². The summed E-state index contributed by atoms with van der Waals surface area (Å²) in [4.78, 5) is 0. The fourth-order valence-corrected chi connectivity index (χ4v) is 2.54. The molecule has 0 amide bonds. The molecule has 0 aromatic rings. The largest absolute Gasteiger partial charge is 0.311 e. The average Bonchev–Trinajstić information content (AvgIpc) is 2.40. The third-order valence-corrected chi connectivity index (χ3v) is 3.54. The van der Waals surface area contributed by atoms with E-state index in [0.29, 0.717) is 17.0 Å². The molecule has 1 aliphatic carbocycles. The fourth-order valence-electron chi connectivity index (χ4n) is 2.54. The summed E-state index contributed by atoms with van der Waals surface area (Å²) in [6.45, 7) is 7.06. The highest BCUT2D eigenvalue weighted by molar-refractivity contribution is 6.10. The van der Waals surface area contributed by atoms with Crippen LogP contribution in [-0.4, -0.2) is 37.5 Å². The summed E-state index contributed by atoms with van der Waals surface area (Å²) in [5, 5.41) is 30.6. The van der Waals surface area contributed by atoms with Gasteiger partial charge in [-0.25, -0.2) is 5.06 Å². The maximum Gasteiger partial charge on any atom is 0.136 e. The molecule has 5 heteroatoms. The van der Waals surface area contributed by atoms with Crippen LogP contribution in [0.4, 0.5) is 0 Å². The first-order valence-electron chi connectivity index (χ1n) is 5.87. The Morgan fingerprint density at radius 3 is 2.06 bits per heavy atom. The molecule has 0 aromatic heterocycles. The lowest BCUT2D eigenvalue weighted by Gasteiger charge is -2.33. The van der Waals surface area contributed by atoms with Crippen LogP contribution in [0.5, 0.6) is 0 Å². The second kappa shape index (κ2) is 3.78. The molecule has 1 fully saturated rings. The molecule has 0 spiro atoms. The van der Waals surface area contributed by atoms with Crippen molar-refractivity contribution in [3.63, 3.8) is 0 Å². The van der Waals surface area contributed by atoms with Crippen molar-refractivity contribution in [3.05, 3.63) is 35.6 Å². The van der Waals surface area contributed by atoms with Crippen LogP contribution in [0.15, 0.2) is 35.6 Å². The first-order chi connectivity index (χ1) is 8.20. The number of nitrogens with one attached hydrogen (secondary N) is 1. The minimum Gasteiger partial charge on any atom is -0.311 e. The lowest BCUT2D eigenvalue weighted by Crippen LogP contribution is -2.49. The van der Waals surface area contributed by atoms with E-state index < -0.39 is 11.2 Å². The molecule has 0 unspecified atom stereocenters. The van der Waals surface area contributed by atoms with Crippen LogP contribution in [0.2, 0.25) is 0 Å². The molecule has 0 bridgehead atoms. The highest BCUT2D eigenvalue weighted by Crippen LogP contribution is 2.44. The van der Waals surface area contributed by atoms with Gasteiger partial charge in [-0.15, -0.1) is 0 Å². The number of hydrogen-bond acceptors (Lipinski definition) is 5. The molecule has 1 aliphatic heterocycles. The molecular weight excluding hydrogens is 230 g/mol. The number of allylic oxidation sites excluding steroid dienone is 5. The zero-order valence-electron chi connectivity index (χ0n) is 11.1. The third kappa shape index (κ3) is 1.55. The summed E-state index contributed by atoms with van der Waals surface area (Å²) in [5.74, 6) is 0. The van der Waals surface area contributed by atoms with E-state index in [1.165, 1.54) is 0 Å². The van der Waals surface area contributed by atoms with Gasteiger partial charge in [0.25, 0.3) is 0 Å². The number of rotatable bonds is 0. The van der Waals surface area contributed by atoms with E-state index in [2.05, 4.69) is 0 Å². The molecule has 1 heterocycles. The summed E-state index contributed by atoms with van der Waals surface area (Å²) in [5.41, 5.74) is -0.225. The first-order valence-corrected chi connectivity index (χ1v) is 5.87. The predicted octanol–water partition coefficient (Wildman–Crippen LogP) is 2.30. The van der Waals surface area contributed by atoms with E-state index in [-0.39, 0.29) is 0 Å². The number of nitrogens with zero attached hydrogens (tertiary/aromatic N) is 2. The van der Waals surface area contributed by atoms with Gasteiger partial charge >= 0.3 is 0 Å². The Hall–Kier alpha value is -1.43. The Morgan fingerprint density at radius 1 is 1.06 bits per heavy atom. The van der Waals surface area contributed by atoms with Crippen LogP contribution < -0.4 is 0 Å². The standard InChI is InChI=1S/C13H19N3O2/c1-12(2)11(9-7-5-6-8-10(9)14)15(17)13(3,4)16(12)18/h5-8,14,17-18H,1-4H3/b11-9-,14-10?.